The van der Waals surface area contributed by atoms with E-state index in [0.29, 0.717) is 25.7 Å². The van der Waals surface area contributed by atoms with E-state index in [-0.39, 0.29) is 0 Å². The fourth-order valence-electron chi connectivity index (χ4n) is 3.44. The van der Waals surface area contributed by atoms with Crippen molar-refractivity contribution in [3.8, 4) is 0 Å². The highest BCUT2D eigenvalue weighted by Crippen LogP contribution is 2.49. The average molecular weight is 354 g/mol. The third-order valence-corrected chi connectivity index (χ3v) is 6.16. The van der Waals surface area contributed by atoms with Crippen molar-refractivity contribution >= 4 is 7.82 Å². The van der Waals surface area contributed by atoms with Gasteiger partial charge in [0.2, 0.25) is 0 Å². The summed E-state index contributed by atoms with van der Waals surface area (Å²) >= 11 is 0. The van der Waals surface area contributed by atoms with Crippen molar-refractivity contribution in [1.82, 2.24) is 0 Å². The topological polar surface area (TPSA) is 44.8 Å². The van der Waals surface area contributed by atoms with Gasteiger partial charge in [0, 0.05) is 0 Å². The summed E-state index contributed by atoms with van der Waals surface area (Å²) in [5, 5.41) is 0. The Morgan fingerprint density at radius 2 is 1.67 bits per heavy atom. The molecule has 4 nitrogen and oxygen atoms in total. The minimum atomic E-state index is -3.38. The van der Waals surface area contributed by atoms with Gasteiger partial charge < -0.3 is 0 Å². The van der Waals surface area contributed by atoms with Crippen LogP contribution in [0.4, 0.5) is 0 Å². The summed E-state index contributed by atoms with van der Waals surface area (Å²) in [6.45, 7) is 4.60. The SMILES string of the molecule is CCOP(=O)(OCC)OCCCc1ccccc1C1CCCCC1. The molecule has 0 radical (unpaired) electrons. The lowest BCUT2D eigenvalue weighted by Gasteiger charge is -2.24. The largest absolute Gasteiger partial charge is 0.474 e. The van der Waals surface area contributed by atoms with Gasteiger partial charge in [0.1, 0.15) is 0 Å². The molecule has 1 saturated carbocycles. The molecule has 1 aromatic carbocycles. The summed E-state index contributed by atoms with van der Waals surface area (Å²) in [4.78, 5) is 0. The molecule has 0 heterocycles. The van der Waals surface area contributed by atoms with E-state index in [1.165, 1.54) is 43.2 Å². The molecule has 0 bridgehead atoms. The van der Waals surface area contributed by atoms with Crippen molar-refractivity contribution in [2.45, 2.75) is 64.7 Å². The minimum Gasteiger partial charge on any atom is -0.287 e. The number of phosphoric ester groups is 1. The monoisotopic (exact) mass is 354 g/mol. The lowest BCUT2D eigenvalue weighted by Crippen LogP contribution is -2.08. The third kappa shape index (κ3) is 6.00. The van der Waals surface area contributed by atoms with E-state index in [9.17, 15) is 4.57 Å². The van der Waals surface area contributed by atoms with Crippen LogP contribution in [0.3, 0.4) is 0 Å². The van der Waals surface area contributed by atoms with Crippen molar-refractivity contribution < 1.29 is 18.1 Å². The van der Waals surface area contributed by atoms with Crippen LogP contribution in [0.25, 0.3) is 0 Å². The Balaban J connectivity index is 1.87. The second-order valence-corrected chi connectivity index (χ2v) is 7.92. The van der Waals surface area contributed by atoms with Crippen LogP contribution in [0.15, 0.2) is 24.3 Å². The Hall–Kier alpha value is -0.670. The van der Waals surface area contributed by atoms with E-state index in [1.807, 2.05) is 0 Å². The van der Waals surface area contributed by atoms with Gasteiger partial charge in [0.25, 0.3) is 0 Å². The van der Waals surface area contributed by atoms with Crippen molar-refractivity contribution in [3.63, 3.8) is 0 Å². The van der Waals surface area contributed by atoms with Crippen LogP contribution in [-0.2, 0) is 24.6 Å². The van der Waals surface area contributed by atoms with Gasteiger partial charge in [0.15, 0.2) is 0 Å². The molecular weight excluding hydrogens is 323 g/mol. The summed E-state index contributed by atoms with van der Waals surface area (Å²) in [6.07, 6.45) is 8.41. The van der Waals surface area contributed by atoms with Crippen LogP contribution < -0.4 is 0 Å². The van der Waals surface area contributed by atoms with Gasteiger partial charge in [0.05, 0.1) is 19.8 Å². The maximum absolute atomic E-state index is 12.3. The number of phosphoric acid groups is 1. The van der Waals surface area contributed by atoms with E-state index in [0.717, 1.165) is 12.8 Å². The van der Waals surface area contributed by atoms with Gasteiger partial charge in [-0.1, -0.05) is 43.5 Å². The van der Waals surface area contributed by atoms with E-state index in [4.69, 9.17) is 13.6 Å². The van der Waals surface area contributed by atoms with Crippen LogP contribution in [0.1, 0.15) is 69.4 Å². The lowest BCUT2D eigenvalue weighted by molar-refractivity contribution is 0.120. The Morgan fingerprint density at radius 1 is 1.00 bits per heavy atom. The van der Waals surface area contributed by atoms with Crippen LogP contribution in [0.2, 0.25) is 0 Å². The molecular formula is C19H31O4P. The molecule has 0 N–H and O–H groups in total. The molecule has 1 aliphatic carbocycles. The summed E-state index contributed by atoms with van der Waals surface area (Å²) in [7, 11) is -3.38. The molecule has 1 aromatic rings. The second kappa shape index (κ2) is 10.4. The van der Waals surface area contributed by atoms with E-state index < -0.39 is 7.82 Å². The lowest BCUT2D eigenvalue weighted by atomic mass is 9.81. The van der Waals surface area contributed by atoms with Crippen LogP contribution in [0.5, 0.6) is 0 Å². The predicted octanol–water partition coefficient (Wildman–Crippen LogP) is 5.86. The maximum atomic E-state index is 12.3. The van der Waals surface area contributed by atoms with Crippen molar-refractivity contribution in [3.05, 3.63) is 35.4 Å². The second-order valence-electron chi connectivity index (χ2n) is 6.25. The summed E-state index contributed by atoms with van der Waals surface area (Å²) < 4.78 is 28.0. The number of rotatable bonds is 10. The Kier molecular flexibility index (Phi) is 8.48. The predicted molar refractivity (Wildman–Crippen MR) is 97.4 cm³/mol. The zero-order valence-corrected chi connectivity index (χ0v) is 15.9. The van der Waals surface area contributed by atoms with Gasteiger partial charge in [-0.05, 0) is 56.6 Å². The van der Waals surface area contributed by atoms with Crippen LogP contribution in [0, 0.1) is 0 Å². The highest BCUT2D eigenvalue weighted by atomic mass is 31.2. The Morgan fingerprint density at radius 3 is 2.33 bits per heavy atom. The van der Waals surface area contributed by atoms with E-state index in [2.05, 4.69) is 24.3 Å². The summed E-state index contributed by atoms with van der Waals surface area (Å²) in [5.41, 5.74) is 2.89. The smallest absolute Gasteiger partial charge is 0.287 e. The first-order valence-electron chi connectivity index (χ1n) is 9.30. The third-order valence-electron chi connectivity index (χ3n) is 4.51. The molecule has 24 heavy (non-hydrogen) atoms. The first-order valence-corrected chi connectivity index (χ1v) is 10.8. The quantitative estimate of drug-likeness (QED) is 0.390. The number of hydrogen-bond acceptors (Lipinski definition) is 4. The van der Waals surface area contributed by atoms with Gasteiger partial charge >= 0.3 is 7.82 Å². The van der Waals surface area contributed by atoms with Gasteiger partial charge in [-0.15, -0.1) is 0 Å². The van der Waals surface area contributed by atoms with E-state index >= 15 is 0 Å². The standard InChI is InChI=1S/C19H31O4P/c1-3-21-24(20,22-4-2)23-16-10-14-18-13-8-9-15-19(18)17-11-6-5-7-12-17/h8-9,13,15,17H,3-7,10-12,14,16H2,1-2H3. The van der Waals surface area contributed by atoms with Crippen molar-refractivity contribution in [1.29, 1.82) is 0 Å². The first-order chi connectivity index (χ1) is 11.7. The van der Waals surface area contributed by atoms with E-state index in [1.54, 1.807) is 13.8 Å². The zero-order chi connectivity index (χ0) is 17.3. The fourth-order valence-corrected chi connectivity index (χ4v) is 4.65. The minimum absolute atomic E-state index is 0.321. The molecule has 0 aliphatic heterocycles. The average Bonchev–Trinajstić information content (AvgIpc) is 2.60. The summed E-state index contributed by atoms with van der Waals surface area (Å²) in [6, 6.07) is 8.74. The molecule has 0 aromatic heterocycles. The molecule has 0 saturated heterocycles. The van der Waals surface area contributed by atoms with Gasteiger partial charge in [-0.3, -0.25) is 13.6 Å². The van der Waals surface area contributed by atoms with Crippen LogP contribution >= 0.6 is 7.82 Å². The molecule has 1 aliphatic rings. The normalized spacial score (nSPS) is 16.4. The highest BCUT2D eigenvalue weighted by molar-refractivity contribution is 7.48. The van der Waals surface area contributed by atoms with Crippen molar-refractivity contribution in [2.75, 3.05) is 19.8 Å². The molecule has 2 rings (SSSR count). The maximum Gasteiger partial charge on any atom is 0.474 e. The molecule has 136 valence electrons. The molecule has 1 fully saturated rings. The Labute approximate surface area is 146 Å². The molecule has 0 spiro atoms. The number of aryl methyl sites for hydroxylation is 1. The number of benzene rings is 1. The molecule has 0 atom stereocenters. The van der Waals surface area contributed by atoms with Gasteiger partial charge in [-0.2, -0.15) is 0 Å². The first kappa shape index (κ1) is 19.7. The highest BCUT2D eigenvalue weighted by Gasteiger charge is 2.25. The zero-order valence-electron chi connectivity index (χ0n) is 15.0. The molecule has 0 amide bonds. The van der Waals surface area contributed by atoms with Gasteiger partial charge in [-0.25, -0.2) is 4.57 Å². The summed E-state index contributed by atoms with van der Waals surface area (Å²) in [5.74, 6) is 0.703. The van der Waals surface area contributed by atoms with Crippen LogP contribution in [-0.4, -0.2) is 19.8 Å². The molecule has 5 heteroatoms. The molecule has 0 unspecified atom stereocenters. The Bertz CT molecular complexity index is 516. The fraction of sp³-hybridized carbons (Fsp3) is 0.684. The van der Waals surface area contributed by atoms with Crippen molar-refractivity contribution in [2.24, 2.45) is 0 Å². The number of hydrogen-bond donors (Lipinski definition) is 0.